The zero-order valence-corrected chi connectivity index (χ0v) is 18.3. The Labute approximate surface area is 185 Å². The molecule has 4 rings (SSSR count). The second-order valence-corrected chi connectivity index (χ2v) is 8.73. The summed E-state index contributed by atoms with van der Waals surface area (Å²) >= 11 is 0.412. The topological polar surface area (TPSA) is 55.8 Å². The first kappa shape index (κ1) is 21.8. The third-order valence-corrected chi connectivity index (χ3v) is 6.48. The molecule has 0 aliphatic carbocycles. The molecular formula is C21H26F2N6OS. The minimum absolute atomic E-state index is 0.208. The maximum absolute atomic E-state index is 12.9. The van der Waals surface area contributed by atoms with Crippen LogP contribution in [-0.2, 0) is 0 Å². The summed E-state index contributed by atoms with van der Waals surface area (Å²) in [7, 11) is 2.12. The highest BCUT2D eigenvalue weighted by atomic mass is 32.2. The van der Waals surface area contributed by atoms with Crippen LogP contribution in [0.4, 0.5) is 20.4 Å². The van der Waals surface area contributed by atoms with Gasteiger partial charge in [-0.05, 0) is 31.3 Å². The molecule has 1 aromatic carbocycles. The van der Waals surface area contributed by atoms with Gasteiger partial charge in [-0.2, -0.15) is 8.78 Å². The van der Waals surface area contributed by atoms with Gasteiger partial charge >= 0.3 is 0 Å². The zero-order valence-electron chi connectivity index (χ0n) is 17.5. The molecule has 2 aliphatic heterocycles. The fraction of sp³-hybridized carbons (Fsp3) is 0.476. The average Bonchev–Trinajstić information content (AvgIpc) is 2.79. The van der Waals surface area contributed by atoms with Crippen LogP contribution < -0.4 is 9.80 Å². The molecule has 0 spiro atoms. The van der Waals surface area contributed by atoms with Crippen molar-refractivity contribution in [3.63, 3.8) is 0 Å². The Hall–Kier alpha value is -2.46. The molecule has 0 unspecified atom stereocenters. The molecule has 0 saturated carbocycles. The van der Waals surface area contributed by atoms with E-state index in [1.54, 1.807) is 29.2 Å². The number of carbonyl (C=O) groups is 1. The Morgan fingerprint density at radius 3 is 1.97 bits per heavy atom. The van der Waals surface area contributed by atoms with Crippen LogP contribution in [-0.4, -0.2) is 91.1 Å². The third kappa shape index (κ3) is 5.24. The molecule has 1 aromatic heterocycles. The predicted molar refractivity (Wildman–Crippen MR) is 118 cm³/mol. The summed E-state index contributed by atoms with van der Waals surface area (Å²) in [5.41, 5.74) is 0.331. The number of halogens is 2. The van der Waals surface area contributed by atoms with E-state index in [1.807, 2.05) is 12.1 Å². The number of amides is 1. The first-order chi connectivity index (χ1) is 15.0. The minimum atomic E-state index is -2.56. The van der Waals surface area contributed by atoms with E-state index in [0.717, 1.165) is 37.8 Å². The number of nitrogens with zero attached hydrogens (tertiary/aromatic N) is 6. The van der Waals surface area contributed by atoms with Gasteiger partial charge in [0.25, 0.3) is 11.7 Å². The second-order valence-electron chi connectivity index (χ2n) is 7.69. The number of likely N-dealkylation sites (N-methyl/N-ethyl adjacent to an activating group) is 1. The molecule has 1 amide bonds. The van der Waals surface area contributed by atoms with Crippen molar-refractivity contribution in [2.24, 2.45) is 0 Å². The molecule has 2 aromatic rings. The van der Waals surface area contributed by atoms with Crippen molar-refractivity contribution in [1.29, 1.82) is 0 Å². The summed E-state index contributed by atoms with van der Waals surface area (Å²) in [4.78, 5) is 21.6. The van der Waals surface area contributed by atoms with Gasteiger partial charge < -0.3 is 19.6 Å². The fourth-order valence-electron chi connectivity index (χ4n) is 3.84. The standard InChI is InChI=1S/C21H26F2N6OS/c1-26-8-10-27(11-9-26)18-6-7-19(25-24-18)28-12-14-29(15-13-28)20(30)16-4-2-3-5-17(16)31-21(22)23/h2-7,21H,8-15H2,1H3. The number of alkyl halides is 2. The van der Waals surface area contributed by atoms with Gasteiger partial charge in [0.05, 0.1) is 5.56 Å². The number of rotatable bonds is 5. The van der Waals surface area contributed by atoms with Crippen molar-refractivity contribution in [1.82, 2.24) is 20.0 Å². The van der Waals surface area contributed by atoms with Crippen LogP contribution in [0.3, 0.4) is 0 Å². The molecule has 10 heteroatoms. The molecule has 0 N–H and O–H groups in total. The van der Waals surface area contributed by atoms with Gasteiger partial charge in [0.15, 0.2) is 11.6 Å². The van der Waals surface area contributed by atoms with E-state index in [4.69, 9.17) is 0 Å². The lowest BCUT2D eigenvalue weighted by atomic mass is 10.2. The van der Waals surface area contributed by atoms with Crippen LogP contribution in [0, 0.1) is 0 Å². The summed E-state index contributed by atoms with van der Waals surface area (Å²) in [6, 6.07) is 10.5. The number of carbonyl (C=O) groups excluding carboxylic acids is 1. The lowest BCUT2D eigenvalue weighted by molar-refractivity contribution is 0.0743. The third-order valence-electron chi connectivity index (χ3n) is 5.69. The van der Waals surface area contributed by atoms with Gasteiger partial charge in [0, 0.05) is 57.3 Å². The van der Waals surface area contributed by atoms with Crippen LogP contribution in [0.2, 0.25) is 0 Å². The number of anilines is 2. The number of aromatic nitrogens is 2. The number of thioether (sulfide) groups is 1. The van der Waals surface area contributed by atoms with Crippen LogP contribution in [0.1, 0.15) is 10.4 Å². The maximum atomic E-state index is 12.9. The van der Waals surface area contributed by atoms with Crippen molar-refractivity contribution in [2.75, 3.05) is 69.2 Å². The van der Waals surface area contributed by atoms with E-state index in [2.05, 4.69) is 31.9 Å². The van der Waals surface area contributed by atoms with E-state index >= 15 is 0 Å². The molecule has 2 aliphatic rings. The monoisotopic (exact) mass is 448 g/mol. The van der Waals surface area contributed by atoms with Crippen molar-refractivity contribution in [2.45, 2.75) is 10.7 Å². The Bertz CT molecular complexity index is 884. The van der Waals surface area contributed by atoms with Gasteiger partial charge in [-0.15, -0.1) is 10.2 Å². The fourth-order valence-corrected chi connectivity index (χ4v) is 4.47. The van der Waals surface area contributed by atoms with Crippen molar-refractivity contribution in [3.05, 3.63) is 42.0 Å². The molecule has 166 valence electrons. The van der Waals surface area contributed by atoms with Crippen molar-refractivity contribution < 1.29 is 13.6 Å². The van der Waals surface area contributed by atoms with Crippen molar-refractivity contribution >= 4 is 29.3 Å². The number of hydrogen-bond acceptors (Lipinski definition) is 7. The van der Waals surface area contributed by atoms with Crippen LogP contribution in [0.25, 0.3) is 0 Å². The SMILES string of the molecule is CN1CCN(c2ccc(N3CCN(C(=O)c4ccccc4SC(F)F)CC3)nn2)CC1. The van der Waals surface area contributed by atoms with Gasteiger partial charge in [-0.25, -0.2) is 0 Å². The first-order valence-electron chi connectivity index (χ1n) is 10.4. The number of piperazine rings is 2. The van der Waals surface area contributed by atoms with Gasteiger partial charge in [-0.1, -0.05) is 23.9 Å². The van der Waals surface area contributed by atoms with Crippen molar-refractivity contribution in [3.8, 4) is 0 Å². The maximum Gasteiger partial charge on any atom is 0.288 e. The number of hydrogen-bond donors (Lipinski definition) is 0. The molecule has 0 bridgehead atoms. The lowest BCUT2D eigenvalue weighted by Crippen LogP contribution is -2.49. The lowest BCUT2D eigenvalue weighted by Gasteiger charge is -2.36. The molecule has 31 heavy (non-hydrogen) atoms. The highest BCUT2D eigenvalue weighted by Crippen LogP contribution is 2.29. The van der Waals surface area contributed by atoms with Gasteiger partial charge in [0.1, 0.15) is 0 Å². The van der Waals surface area contributed by atoms with E-state index in [1.165, 1.54) is 0 Å². The molecular weight excluding hydrogens is 422 g/mol. The van der Waals surface area contributed by atoms with Gasteiger partial charge in [0.2, 0.25) is 0 Å². The molecule has 3 heterocycles. The zero-order chi connectivity index (χ0) is 21.8. The number of benzene rings is 1. The smallest absolute Gasteiger partial charge is 0.288 e. The Morgan fingerprint density at radius 2 is 1.42 bits per heavy atom. The largest absolute Gasteiger partial charge is 0.353 e. The summed E-state index contributed by atoms with van der Waals surface area (Å²) < 4.78 is 25.6. The summed E-state index contributed by atoms with van der Waals surface area (Å²) in [6.07, 6.45) is 0. The van der Waals surface area contributed by atoms with E-state index < -0.39 is 5.76 Å². The highest BCUT2D eigenvalue weighted by molar-refractivity contribution is 7.99. The highest BCUT2D eigenvalue weighted by Gasteiger charge is 2.25. The minimum Gasteiger partial charge on any atom is -0.353 e. The summed E-state index contributed by atoms with van der Waals surface area (Å²) in [5.74, 6) is -1.09. The Morgan fingerprint density at radius 1 is 0.871 bits per heavy atom. The first-order valence-corrected chi connectivity index (χ1v) is 11.2. The molecule has 0 atom stereocenters. The Balaban J connectivity index is 1.35. The molecule has 2 saturated heterocycles. The molecule has 7 nitrogen and oxygen atoms in total. The summed E-state index contributed by atoms with van der Waals surface area (Å²) in [6.45, 7) is 6.17. The summed E-state index contributed by atoms with van der Waals surface area (Å²) in [5, 5.41) is 8.81. The second kappa shape index (κ2) is 9.78. The average molecular weight is 449 g/mol. The van der Waals surface area contributed by atoms with Gasteiger partial charge in [-0.3, -0.25) is 4.79 Å². The Kier molecular flexibility index (Phi) is 6.86. The van der Waals surface area contributed by atoms with Crippen LogP contribution >= 0.6 is 11.8 Å². The predicted octanol–water partition coefficient (Wildman–Crippen LogP) is 2.51. The normalized spacial score (nSPS) is 18.0. The van der Waals surface area contributed by atoms with Crippen LogP contribution in [0.15, 0.2) is 41.3 Å². The quantitative estimate of drug-likeness (QED) is 0.652. The van der Waals surface area contributed by atoms with E-state index in [0.29, 0.717) is 48.4 Å². The van der Waals surface area contributed by atoms with Crippen LogP contribution in [0.5, 0.6) is 0 Å². The van der Waals surface area contributed by atoms with E-state index in [9.17, 15) is 13.6 Å². The molecule has 0 radical (unpaired) electrons. The molecule has 2 fully saturated rings. The van der Waals surface area contributed by atoms with E-state index in [-0.39, 0.29) is 5.91 Å².